The van der Waals surface area contributed by atoms with Gasteiger partial charge < -0.3 is 5.32 Å². The van der Waals surface area contributed by atoms with Gasteiger partial charge in [-0.15, -0.1) is 0 Å². The number of halogens is 2. The Morgan fingerprint density at radius 1 is 1.26 bits per heavy atom. The van der Waals surface area contributed by atoms with Crippen molar-refractivity contribution in [3.8, 4) is 6.07 Å². The van der Waals surface area contributed by atoms with Gasteiger partial charge in [-0.2, -0.15) is 5.26 Å². The van der Waals surface area contributed by atoms with Crippen LogP contribution in [0.3, 0.4) is 0 Å². The zero-order valence-corrected chi connectivity index (χ0v) is 10.4. The van der Waals surface area contributed by atoms with E-state index in [4.69, 9.17) is 16.9 Å². The van der Waals surface area contributed by atoms with Crippen molar-refractivity contribution in [2.24, 2.45) is 0 Å². The Hall–Kier alpha value is -2.38. The Labute approximate surface area is 114 Å². The summed E-state index contributed by atoms with van der Waals surface area (Å²) in [7, 11) is 0. The highest BCUT2D eigenvalue weighted by Crippen LogP contribution is 2.17. The number of amides is 1. The van der Waals surface area contributed by atoms with Gasteiger partial charge in [0.15, 0.2) is 0 Å². The Morgan fingerprint density at radius 2 is 2.05 bits per heavy atom. The van der Waals surface area contributed by atoms with E-state index in [2.05, 4.69) is 5.32 Å². The lowest BCUT2D eigenvalue weighted by Crippen LogP contribution is -2.13. The maximum atomic E-state index is 13.6. The van der Waals surface area contributed by atoms with E-state index in [-0.39, 0.29) is 10.6 Å². The highest BCUT2D eigenvalue weighted by molar-refractivity contribution is 6.30. The number of anilines is 1. The van der Waals surface area contributed by atoms with E-state index >= 15 is 0 Å². The fourth-order valence-corrected chi connectivity index (χ4v) is 1.70. The molecule has 0 heterocycles. The molecule has 1 N–H and O–H groups in total. The zero-order chi connectivity index (χ0) is 13.8. The summed E-state index contributed by atoms with van der Waals surface area (Å²) in [4.78, 5) is 11.9. The van der Waals surface area contributed by atoms with Crippen molar-refractivity contribution in [3.63, 3.8) is 0 Å². The summed E-state index contributed by atoms with van der Waals surface area (Å²) in [6.45, 7) is 0. The van der Waals surface area contributed by atoms with Gasteiger partial charge in [-0.25, -0.2) is 4.39 Å². The van der Waals surface area contributed by atoms with Crippen molar-refractivity contribution in [3.05, 3.63) is 64.4 Å². The van der Waals surface area contributed by atoms with Gasteiger partial charge >= 0.3 is 0 Å². The van der Waals surface area contributed by atoms with Gasteiger partial charge in [-0.3, -0.25) is 4.79 Å². The molecular formula is C14H8ClFN2O. The lowest BCUT2D eigenvalue weighted by Gasteiger charge is -2.06. The molecule has 19 heavy (non-hydrogen) atoms. The number of hydrogen-bond donors (Lipinski definition) is 1. The highest BCUT2D eigenvalue weighted by atomic mass is 35.5. The van der Waals surface area contributed by atoms with Crippen LogP contribution in [0.2, 0.25) is 5.02 Å². The molecule has 3 nitrogen and oxygen atoms in total. The normalized spacial score (nSPS) is 9.74. The minimum Gasteiger partial charge on any atom is -0.322 e. The fraction of sp³-hybridized carbons (Fsp3) is 0. The molecule has 0 spiro atoms. The Morgan fingerprint density at radius 3 is 2.74 bits per heavy atom. The summed E-state index contributed by atoms with van der Waals surface area (Å²) in [6, 6.07) is 12.1. The molecule has 1 amide bonds. The summed E-state index contributed by atoms with van der Waals surface area (Å²) < 4.78 is 13.6. The Bertz CT molecular complexity index is 679. The van der Waals surface area contributed by atoms with Gasteiger partial charge in [0.2, 0.25) is 0 Å². The third-order valence-electron chi connectivity index (χ3n) is 2.43. The Balaban J connectivity index is 2.23. The second kappa shape index (κ2) is 5.51. The molecule has 0 aliphatic rings. The van der Waals surface area contributed by atoms with Gasteiger partial charge in [-0.05, 0) is 36.4 Å². The van der Waals surface area contributed by atoms with Gasteiger partial charge in [0.25, 0.3) is 5.91 Å². The number of benzene rings is 2. The number of carbonyl (C=O) groups is 1. The van der Waals surface area contributed by atoms with Crippen LogP contribution in [0, 0.1) is 17.1 Å². The second-order valence-electron chi connectivity index (χ2n) is 3.77. The van der Waals surface area contributed by atoms with E-state index in [1.54, 1.807) is 18.2 Å². The van der Waals surface area contributed by atoms with Crippen LogP contribution >= 0.6 is 11.6 Å². The van der Waals surface area contributed by atoms with Crippen LogP contribution in [0.15, 0.2) is 42.5 Å². The van der Waals surface area contributed by atoms with Crippen LogP contribution in [0.4, 0.5) is 10.1 Å². The van der Waals surface area contributed by atoms with Gasteiger partial charge in [0.05, 0.1) is 17.2 Å². The zero-order valence-electron chi connectivity index (χ0n) is 9.65. The van der Waals surface area contributed by atoms with E-state index in [1.807, 2.05) is 6.07 Å². The number of rotatable bonds is 2. The van der Waals surface area contributed by atoms with Crippen LogP contribution in [-0.2, 0) is 0 Å². The first-order valence-corrected chi connectivity index (χ1v) is 5.74. The van der Waals surface area contributed by atoms with Gasteiger partial charge in [0.1, 0.15) is 5.82 Å². The van der Waals surface area contributed by atoms with Crippen LogP contribution in [0.25, 0.3) is 0 Å². The predicted octanol–water partition coefficient (Wildman–Crippen LogP) is 3.60. The number of nitriles is 1. The first kappa shape index (κ1) is 13.1. The molecular weight excluding hydrogens is 267 g/mol. The standard InChI is InChI=1S/C14H8ClFN2O/c15-10-4-5-12(13(16)7-10)14(19)18-11-3-1-2-9(6-11)8-17/h1-7H,(H,18,19). The third-order valence-corrected chi connectivity index (χ3v) is 2.66. The topological polar surface area (TPSA) is 52.9 Å². The smallest absolute Gasteiger partial charge is 0.258 e. The average Bonchev–Trinajstić information content (AvgIpc) is 2.38. The molecule has 94 valence electrons. The van der Waals surface area contributed by atoms with Crippen LogP contribution < -0.4 is 5.32 Å². The quantitative estimate of drug-likeness (QED) is 0.909. The van der Waals surface area contributed by atoms with Crippen LogP contribution in [-0.4, -0.2) is 5.91 Å². The number of nitrogens with one attached hydrogen (secondary N) is 1. The molecule has 0 aliphatic carbocycles. The highest BCUT2D eigenvalue weighted by Gasteiger charge is 2.12. The molecule has 5 heteroatoms. The summed E-state index contributed by atoms with van der Waals surface area (Å²) in [5.41, 5.74) is 0.736. The number of hydrogen-bond acceptors (Lipinski definition) is 2. The average molecular weight is 275 g/mol. The van der Waals surface area contributed by atoms with E-state index in [0.29, 0.717) is 11.3 Å². The van der Waals surface area contributed by atoms with E-state index in [9.17, 15) is 9.18 Å². The molecule has 0 aromatic heterocycles. The molecule has 2 aromatic carbocycles. The fourth-order valence-electron chi connectivity index (χ4n) is 1.54. The lowest BCUT2D eigenvalue weighted by atomic mass is 10.1. The molecule has 2 aromatic rings. The van der Waals surface area contributed by atoms with Crippen molar-refractivity contribution in [2.75, 3.05) is 5.32 Å². The van der Waals surface area contributed by atoms with Crippen LogP contribution in [0.5, 0.6) is 0 Å². The summed E-state index contributed by atoms with van der Waals surface area (Å²) in [5.74, 6) is -1.29. The monoisotopic (exact) mass is 274 g/mol. The largest absolute Gasteiger partial charge is 0.322 e. The Kier molecular flexibility index (Phi) is 3.79. The number of carbonyl (C=O) groups excluding carboxylic acids is 1. The first-order chi connectivity index (χ1) is 9.10. The van der Waals surface area contributed by atoms with Crippen molar-refractivity contribution in [2.45, 2.75) is 0 Å². The van der Waals surface area contributed by atoms with E-state index < -0.39 is 11.7 Å². The number of nitrogens with zero attached hydrogens (tertiary/aromatic N) is 1. The molecule has 0 saturated carbocycles. The van der Waals surface area contributed by atoms with Crippen molar-refractivity contribution >= 4 is 23.2 Å². The molecule has 0 bridgehead atoms. The molecule has 0 atom stereocenters. The summed E-state index contributed by atoms with van der Waals surface area (Å²) in [5, 5.41) is 11.5. The molecule has 0 unspecified atom stereocenters. The van der Waals surface area contributed by atoms with Crippen LogP contribution in [0.1, 0.15) is 15.9 Å². The lowest BCUT2D eigenvalue weighted by molar-refractivity contribution is 0.102. The minimum absolute atomic E-state index is 0.105. The van der Waals surface area contributed by atoms with Crippen molar-refractivity contribution in [1.82, 2.24) is 0 Å². The predicted molar refractivity (Wildman–Crippen MR) is 70.5 cm³/mol. The van der Waals surface area contributed by atoms with Gasteiger partial charge in [0, 0.05) is 10.7 Å². The molecule has 0 aliphatic heterocycles. The minimum atomic E-state index is -0.693. The molecule has 0 saturated heterocycles. The maximum absolute atomic E-state index is 13.6. The maximum Gasteiger partial charge on any atom is 0.258 e. The van der Waals surface area contributed by atoms with E-state index in [0.717, 1.165) is 6.07 Å². The van der Waals surface area contributed by atoms with Crippen molar-refractivity contribution in [1.29, 1.82) is 5.26 Å². The summed E-state index contributed by atoms with van der Waals surface area (Å²) in [6.07, 6.45) is 0. The summed E-state index contributed by atoms with van der Waals surface area (Å²) >= 11 is 5.61. The molecule has 0 fully saturated rings. The van der Waals surface area contributed by atoms with Gasteiger partial charge in [-0.1, -0.05) is 17.7 Å². The van der Waals surface area contributed by atoms with Crippen molar-refractivity contribution < 1.29 is 9.18 Å². The SMILES string of the molecule is N#Cc1cccc(NC(=O)c2ccc(Cl)cc2F)c1. The first-order valence-electron chi connectivity index (χ1n) is 5.37. The van der Waals surface area contributed by atoms with E-state index in [1.165, 1.54) is 18.2 Å². The molecule has 2 rings (SSSR count). The third kappa shape index (κ3) is 3.09. The second-order valence-corrected chi connectivity index (χ2v) is 4.21. The molecule has 0 radical (unpaired) electrons.